The number of carbonyl (C=O) groups is 1. The van der Waals surface area contributed by atoms with Crippen molar-refractivity contribution in [2.24, 2.45) is 0 Å². The second-order valence-corrected chi connectivity index (χ2v) is 4.94. The number of likely N-dealkylation sites (tertiary alicyclic amines) is 1. The van der Waals surface area contributed by atoms with Gasteiger partial charge in [0, 0.05) is 18.6 Å². The number of carbonyl (C=O) groups excluding carboxylic acids is 1. The van der Waals surface area contributed by atoms with Crippen LogP contribution in [-0.4, -0.2) is 42.8 Å². The standard InChI is InChI=1S/C11H22N2O2/c1-9(2)15-10(14)12-11(3)5-7-13(4)8-6-11/h9H,5-8H2,1-4H3,(H,12,14). The van der Waals surface area contributed by atoms with Crippen molar-refractivity contribution < 1.29 is 9.53 Å². The molecule has 1 fully saturated rings. The van der Waals surface area contributed by atoms with E-state index in [9.17, 15) is 4.79 Å². The first-order valence-electron chi connectivity index (χ1n) is 5.59. The van der Waals surface area contributed by atoms with Gasteiger partial charge in [-0.25, -0.2) is 4.79 Å². The van der Waals surface area contributed by atoms with E-state index in [2.05, 4.69) is 24.2 Å². The predicted octanol–water partition coefficient (Wildman–Crippen LogP) is 1.61. The third-order valence-electron chi connectivity index (χ3n) is 2.84. The minimum atomic E-state index is -0.294. The van der Waals surface area contributed by atoms with Crippen molar-refractivity contribution in [1.29, 1.82) is 0 Å². The molecule has 4 heteroatoms. The first-order valence-corrected chi connectivity index (χ1v) is 5.59. The molecule has 0 radical (unpaired) electrons. The van der Waals surface area contributed by atoms with E-state index >= 15 is 0 Å². The molecule has 0 saturated carbocycles. The summed E-state index contributed by atoms with van der Waals surface area (Å²) < 4.78 is 5.08. The van der Waals surface area contributed by atoms with Crippen LogP contribution in [0.4, 0.5) is 4.79 Å². The number of alkyl carbamates (subject to hydrolysis) is 1. The molecule has 88 valence electrons. The van der Waals surface area contributed by atoms with Crippen LogP contribution >= 0.6 is 0 Å². The molecule has 1 aliphatic heterocycles. The lowest BCUT2D eigenvalue weighted by atomic mass is 9.90. The van der Waals surface area contributed by atoms with Gasteiger partial charge in [0.25, 0.3) is 0 Å². The van der Waals surface area contributed by atoms with Crippen LogP contribution in [0, 0.1) is 0 Å². The summed E-state index contributed by atoms with van der Waals surface area (Å²) in [6.07, 6.45) is 1.62. The first kappa shape index (κ1) is 12.3. The zero-order chi connectivity index (χ0) is 11.5. The molecular weight excluding hydrogens is 192 g/mol. The zero-order valence-electron chi connectivity index (χ0n) is 10.2. The van der Waals surface area contributed by atoms with Gasteiger partial charge in [0.05, 0.1) is 6.10 Å². The van der Waals surface area contributed by atoms with Crippen LogP contribution in [0.5, 0.6) is 0 Å². The average molecular weight is 214 g/mol. The maximum Gasteiger partial charge on any atom is 0.407 e. The summed E-state index contributed by atoms with van der Waals surface area (Å²) >= 11 is 0. The number of nitrogens with zero attached hydrogens (tertiary/aromatic N) is 1. The predicted molar refractivity (Wildman–Crippen MR) is 59.9 cm³/mol. The fourth-order valence-corrected chi connectivity index (χ4v) is 1.73. The van der Waals surface area contributed by atoms with E-state index in [0.717, 1.165) is 25.9 Å². The Hall–Kier alpha value is -0.770. The number of rotatable bonds is 2. The number of hydrogen-bond acceptors (Lipinski definition) is 3. The summed E-state index contributed by atoms with van der Waals surface area (Å²) in [6.45, 7) is 7.85. The average Bonchev–Trinajstić information content (AvgIpc) is 2.09. The Morgan fingerprint density at radius 1 is 1.40 bits per heavy atom. The van der Waals surface area contributed by atoms with Crippen molar-refractivity contribution >= 4 is 6.09 Å². The van der Waals surface area contributed by atoms with Gasteiger partial charge in [0.2, 0.25) is 0 Å². The van der Waals surface area contributed by atoms with E-state index < -0.39 is 0 Å². The molecule has 1 heterocycles. The Labute approximate surface area is 92.0 Å². The van der Waals surface area contributed by atoms with Crippen LogP contribution in [0.15, 0.2) is 0 Å². The minimum absolute atomic E-state index is 0.0557. The van der Waals surface area contributed by atoms with E-state index in [0.29, 0.717) is 0 Å². The van der Waals surface area contributed by atoms with Gasteiger partial charge in [-0.05, 0) is 40.7 Å². The minimum Gasteiger partial charge on any atom is -0.447 e. The third kappa shape index (κ3) is 4.08. The van der Waals surface area contributed by atoms with E-state index in [1.54, 1.807) is 0 Å². The number of ether oxygens (including phenoxy) is 1. The van der Waals surface area contributed by atoms with Gasteiger partial charge in [0.1, 0.15) is 0 Å². The summed E-state index contributed by atoms with van der Waals surface area (Å²) in [5.74, 6) is 0. The monoisotopic (exact) mass is 214 g/mol. The summed E-state index contributed by atoms with van der Waals surface area (Å²) in [7, 11) is 2.10. The molecule has 1 rings (SSSR count). The van der Waals surface area contributed by atoms with Crippen molar-refractivity contribution in [2.45, 2.75) is 45.3 Å². The first-order chi connectivity index (χ1) is 6.91. The number of nitrogens with one attached hydrogen (secondary N) is 1. The highest BCUT2D eigenvalue weighted by Gasteiger charge is 2.30. The quantitative estimate of drug-likeness (QED) is 0.759. The number of amides is 1. The Bertz CT molecular complexity index is 221. The van der Waals surface area contributed by atoms with Gasteiger partial charge in [-0.1, -0.05) is 0 Å². The lowest BCUT2D eigenvalue weighted by Crippen LogP contribution is -2.53. The van der Waals surface area contributed by atoms with Crippen LogP contribution in [0.25, 0.3) is 0 Å². The van der Waals surface area contributed by atoms with Crippen molar-refractivity contribution in [3.05, 3.63) is 0 Å². The molecule has 0 aromatic heterocycles. The van der Waals surface area contributed by atoms with Gasteiger partial charge in [-0.15, -0.1) is 0 Å². The number of hydrogen-bond donors (Lipinski definition) is 1. The van der Waals surface area contributed by atoms with Crippen LogP contribution in [0.1, 0.15) is 33.6 Å². The molecule has 0 unspecified atom stereocenters. The van der Waals surface area contributed by atoms with E-state index in [1.165, 1.54) is 0 Å². The van der Waals surface area contributed by atoms with Crippen molar-refractivity contribution in [3.63, 3.8) is 0 Å². The van der Waals surface area contributed by atoms with Gasteiger partial charge in [0.15, 0.2) is 0 Å². The molecule has 0 aliphatic carbocycles. The zero-order valence-corrected chi connectivity index (χ0v) is 10.2. The molecule has 15 heavy (non-hydrogen) atoms. The summed E-state index contributed by atoms with van der Waals surface area (Å²) in [5.41, 5.74) is -0.0987. The maximum absolute atomic E-state index is 11.5. The molecule has 0 aromatic rings. The van der Waals surface area contributed by atoms with Gasteiger partial charge < -0.3 is 15.0 Å². The second kappa shape index (κ2) is 4.84. The van der Waals surface area contributed by atoms with Crippen molar-refractivity contribution in [2.75, 3.05) is 20.1 Å². The van der Waals surface area contributed by atoms with Crippen molar-refractivity contribution in [1.82, 2.24) is 10.2 Å². The second-order valence-electron chi connectivity index (χ2n) is 4.94. The number of piperidine rings is 1. The van der Waals surface area contributed by atoms with Gasteiger partial charge in [-0.3, -0.25) is 0 Å². The maximum atomic E-state index is 11.5. The molecule has 1 saturated heterocycles. The molecule has 0 bridgehead atoms. The Morgan fingerprint density at radius 3 is 2.40 bits per heavy atom. The molecule has 4 nitrogen and oxygen atoms in total. The highest BCUT2D eigenvalue weighted by molar-refractivity contribution is 5.68. The molecule has 0 atom stereocenters. The van der Waals surface area contributed by atoms with Gasteiger partial charge >= 0.3 is 6.09 Å². The Morgan fingerprint density at radius 2 is 1.93 bits per heavy atom. The van der Waals surface area contributed by atoms with Gasteiger partial charge in [-0.2, -0.15) is 0 Å². The van der Waals surface area contributed by atoms with E-state index in [4.69, 9.17) is 4.74 Å². The highest BCUT2D eigenvalue weighted by Crippen LogP contribution is 2.20. The SMILES string of the molecule is CC(C)OC(=O)NC1(C)CCN(C)CC1. The van der Waals surface area contributed by atoms with Crippen LogP contribution in [-0.2, 0) is 4.74 Å². The summed E-state index contributed by atoms with van der Waals surface area (Å²) in [5, 5.41) is 2.96. The highest BCUT2D eigenvalue weighted by atomic mass is 16.6. The van der Waals surface area contributed by atoms with Crippen LogP contribution in [0.2, 0.25) is 0 Å². The molecule has 1 N–H and O–H groups in total. The lowest BCUT2D eigenvalue weighted by Gasteiger charge is -2.38. The topological polar surface area (TPSA) is 41.6 Å². The molecule has 0 spiro atoms. The molecule has 0 aromatic carbocycles. The lowest BCUT2D eigenvalue weighted by molar-refractivity contribution is 0.0935. The van der Waals surface area contributed by atoms with Crippen LogP contribution < -0.4 is 5.32 Å². The van der Waals surface area contributed by atoms with Crippen molar-refractivity contribution in [3.8, 4) is 0 Å². The molecular formula is C11H22N2O2. The Balaban J connectivity index is 2.39. The largest absolute Gasteiger partial charge is 0.447 e. The fraction of sp³-hybridized carbons (Fsp3) is 0.909. The molecule has 1 aliphatic rings. The van der Waals surface area contributed by atoms with Crippen LogP contribution in [0.3, 0.4) is 0 Å². The smallest absolute Gasteiger partial charge is 0.407 e. The van der Waals surface area contributed by atoms with E-state index in [1.807, 2.05) is 13.8 Å². The molecule has 1 amide bonds. The Kier molecular flexibility index (Phi) is 3.97. The normalized spacial score (nSPS) is 21.4. The third-order valence-corrected chi connectivity index (χ3v) is 2.84. The summed E-state index contributed by atoms with van der Waals surface area (Å²) in [4.78, 5) is 13.7. The summed E-state index contributed by atoms with van der Waals surface area (Å²) in [6, 6.07) is 0. The van der Waals surface area contributed by atoms with E-state index in [-0.39, 0.29) is 17.7 Å². The fourth-order valence-electron chi connectivity index (χ4n) is 1.73.